The summed E-state index contributed by atoms with van der Waals surface area (Å²) in [6.45, 7) is 0.201. The molecule has 43 heavy (non-hydrogen) atoms. The number of aliphatic hydroxyl groups excluding tert-OH is 2. The van der Waals surface area contributed by atoms with Gasteiger partial charge in [-0.3, -0.25) is 24.2 Å². The highest BCUT2D eigenvalue weighted by Crippen LogP contribution is 2.52. The first-order valence-electron chi connectivity index (χ1n) is 14.3. The van der Waals surface area contributed by atoms with Gasteiger partial charge in [0.2, 0.25) is 0 Å². The molecule has 1 aromatic carbocycles. The minimum Gasteiger partial charge on any atom is -0.510 e. The van der Waals surface area contributed by atoms with Gasteiger partial charge in [0.1, 0.15) is 22.8 Å². The van der Waals surface area contributed by atoms with Crippen molar-refractivity contribution in [3.05, 3.63) is 39.7 Å². The first-order valence-corrected chi connectivity index (χ1v) is 14.3. The lowest BCUT2D eigenvalue weighted by Gasteiger charge is -2.46. The number of likely N-dealkylation sites (N-methyl/N-ethyl adjacent to an activating group) is 1. The number of benzene rings is 1. The predicted molar refractivity (Wildman–Crippen MR) is 151 cm³/mol. The molecule has 13 heteroatoms. The fourth-order valence-electron chi connectivity index (χ4n) is 7.59. The van der Waals surface area contributed by atoms with Gasteiger partial charge in [0.25, 0.3) is 5.91 Å². The molecule has 1 saturated carbocycles. The number of alkyl halides is 3. The SMILES string of the molecule is CN(C)c1cc(CN2CCCC(C(F)(F)F)C2)c(O)c2c1CC1CC3C(C(=O)C(C(N)=O)=C(O)[C@H]3N(C)C)C(=O)C1=C2O. The molecule has 0 bridgehead atoms. The average Bonchev–Trinajstić information content (AvgIpc) is 2.88. The lowest BCUT2D eigenvalue weighted by Crippen LogP contribution is -2.55. The molecule has 1 heterocycles. The Morgan fingerprint density at radius 3 is 2.37 bits per heavy atom. The number of allylic oxidation sites excluding steroid dienone is 1. The van der Waals surface area contributed by atoms with Crippen molar-refractivity contribution in [2.45, 2.75) is 44.4 Å². The Balaban J connectivity index is 1.59. The number of hydrogen-bond donors (Lipinski definition) is 4. The second-order valence-corrected chi connectivity index (χ2v) is 12.6. The van der Waals surface area contributed by atoms with Crippen LogP contribution in [0.4, 0.5) is 18.9 Å². The van der Waals surface area contributed by atoms with Crippen LogP contribution in [0.1, 0.15) is 36.0 Å². The molecule has 5 rings (SSSR count). The summed E-state index contributed by atoms with van der Waals surface area (Å²) in [5.41, 5.74) is 6.26. The van der Waals surface area contributed by atoms with Gasteiger partial charge in [-0.2, -0.15) is 13.2 Å². The molecule has 3 aliphatic carbocycles. The largest absolute Gasteiger partial charge is 0.510 e. The number of piperidine rings is 1. The van der Waals surface area contributed by atoms with E-state index in [0.717, 1.165) is 0 Å². The number of ketones is 2. The van der Waals surface area contributed by atoms with Gasteiger partial charge in [0, 0.05) is 44.0 Å². The number of aliphatic hydroxyl groups is 2. The van der Waals surface area contributed by atoms with E-state index >= 15 is 0 Å². The molecule has 5 N–H and O–H groups in total. The van der Waals surface area contributed by atoms with Crippen LogP contribution in [0.2, 0.25) is 0 Å². The van der Waals surface area contributed by atoms with E-state index < -0.39 is 70.5 Å². The van der Waals surface area contributed by atoms with Gasteiger partial charge >= 0.3 is 6.18 Å². The van der Waals surface area contributed by atoms with Crippen molar-refractivity contribution in [3.63, 3.8) is 0 Å². The standard InChI is InChI=1S/C30H37F3N4O6/c1-35(2)18-10-14(11-37-7-5-6-15(12-37)30(31,32)33)24(38)20-16(18)8-13-9-17-21(26(40)19(13)25(20)39)27(41)22(29(34)43)28(42)23(17)36(3)4/h10,13,15,17,21,23,38-39,42H,5-9,11-12H2,1-4H3,(H2,34,43)/t13?,15?,17?,21?,23-/m0/s1. The molecule has 1 saturated heterocycles. The number of halogens is 3. The van der Waals surface area contributed by atoms with Crippen molar-refractivity contribution >= 4 is 28.9 Å². The lowest BCUT2D eigenvalue weighted by molar-refractivity contribution is -0.187. The molecule has 2 fully saturated rings. The maximum atomic E-state index is 14.0. The van der Waals surface area contributed by atoms with Crippen molar-refractivity contribution in [3.8, 4) is 5.75 Å². The Kier molecular flexibility index (Phi) is 7.79. The van der Waals surface area contributed by atoms with E-state index in [1.165, 1.54) is 0 Å². The number of phenolic OH excluding ortho intramolecular Hbond substituents is 1. The third-order valence-electron chi connectivity index (χ3n) is 9.46. The van der Waals surface area contributed by atoms with Gasteiger partial charge in [0.15, 0.2) is 11.6 Å². The molecular weight excluding hydrogens is 569 g/mol. The monoisotopic (exact) mass is 606 g/mol. The van der Waals surface area contributed by atoms with E-state index in [9.17, 15) is 42.9 Å². The number of rotatable bonds is 5. The Morgan fingerprint density at radius 2 is 1.79 bits per heavy atom. The number of carbonyl (C=O) groups is 3. The van der Waals surface area contributed by atoms with Crippen molar-refractivity contribution in [2.24, 2.45) is 29.4 Å². The van der Waals surface area contributed by atoms with Gasteiger partial charge in [0.05, 0.1) is 23.4 Å². The Morgan fingerprint density at radius 1 is 1.12 bits per heavy atom. The van der Waals surface area contributed by atoms with E-state index in [2.05, 4.69) is 0 Å². The van der Waals surface area contributed by atoms with E-state index in [-0.39, 0.29) is 49.2 Å². The number of amides is 1. The summed E-state index contributed by atoms with van der Waals surface area (Å²) >= 11 is 0. The highest BCUT2D eigenvalue weighted by molar-refractivity contribution is 6.28. The second-order valence-electron chi connectivity index (χ2n) is 12.6. The molecule has 10 nitrogen and oxygen atoms in total. The number of likely N-dealkylation sites (tertiary alicyclic amines) is 1. The number of nitrogens with zero attached hydrogens (tertiary/aromatic N) is 3. The van der Waals surface area contributed by atoms with Crippen molar-refractivity contribution in [1.82, 2.24) is 9.80 Å². The zero-order valence-electron chi connectivity index (χ0n) is 24.5. The highest BCUT2D eigenvalue weighted by Gasteiger charge is 2.56. The third kappa shape index (κ3) is 5.05. The fourth-order valence-corrected chi connectivity index (χ4v) is 7.59. The van der Waals surface area contributed by atoms with Crippen LogP contribution in [0, 0.1) is 23.7 Å². The first kappa shape index (κ1) is 30.9. The highest BCUT2D eigenvalue weighted by atomic mass is 19.4. The van der Waals surface area contributed by atoms with Crippen molar-refractivity contribution in [2.75, 3.05) is 46.2 Å². The van der Waals surface area contributed by atoms with Crippen LogP contribution < -0.4 is 10.6 Å². The summed E-state index contributed by atoms with van der Waals surface area (Å²) in [5.74, 6) is -8.16. The number of carbonyl (C=O) groups excluding carboxylic acids is 3. The number of anilines is 1. The van der Waals surface area contributed by atoms with Gasteiger partial charge in [-0.05, 0) is 69.8 Å². The van der Waals surface area contributed by atoms with Gasteiger partial charge < -0.3 is 26.0 Å². The van der Waals surface area contributed by atoms with Gasteiger partial charge in [-0.25, -0.2) is 0 Å². The summed E-state index contributed by atoms with van der Waals surface area (Å²) in [6.07, 6.45) is -3.49. The molecular formula is C30H37F3N4O6. The third-order valence-corrected chi connectivity index (χ3v) is 9.46. The van der Waals surface area contributed by atoms with Crippen LogP contribution in [-0.4, -0.2) is 96.1 Å². The van der Waals surface area contributed by atoms with Crippen LogP contribution in [0.15, 0.2) is 23.0 Å². The zero-order chi connectivity index (χ0) is 31.7. The molecule has 1 aliphatic heterocycles. The van der Waals surface area contributed by atoms with Crippen LogP contribution in [0.25, 0.3) is 5.76 Å². The number of fused-ring (bicyclic) bond motifs is 3. The smallest absolute Gasteiger partial charge is 0.393 e. The number of phenols is 1. The van der Waals surface area contributed by atoms with Crippen molar-refractivity contribution < 1.29 is 42.9 Å². The van der Waals surface area contributed by atoms with E-state index in [4.69, 9.17) is 5.73 Å². The second kappa shape index (κ2) is 10.8. The molecule has 5 atom stereocenters. The summed E-state index contributed by atoms with van der Waals surface area (Å²) in [6, 6.07) is 0.866. The summed E-state index contributed by atoms with van der Waals surface area (Å²) in [7, 11) is 6.84. The summed E-state index contributed by atoms with van der Waals surface area (Å²) in [4.78, 5) is 44.6. The number of hydrogen-bond acceptors (Lipinski definition) is 9. The number of primary amides is 1. The van der Waals surface area contributed by atoms with E-state index in [1.807, 2.05) is 0 Å². The fraction of sp³-hybridized carbons (Fsp3) is 0.567. The van der Waals surface area contributed by atoms with E-state index in [0.29, 0.717) is 29.8 Å². The van der Waals surface area contributed by atoms with Crippen LogP contribution in [0.5, 0.6) is 5.75 Å². The Hall–Kier alpha value is -3.58. The maximum Gasteiger partial charge on any atom is 0.393 e. The topological polar surface area (TPSA) is 148 Å². The average molecular weight is 607 g/mol. The number of aromatic hydroxyl groups is 1. The Labute approximate surface area is 247 Å². The molecule has 0 aromatic heterocycles. The molecule has 4 aliphatic rings. The van der Waals surface area contributed by atoms with E-state index in [1.54, 1.807) is 49.0 Å². The number of nitrogens with two attached hydrogens (primary N) is 1. The molecule has 1 amide bonds. The van der Waals surface area contributed by atoms with Crippen LogP contribution in [-0.2, 0) is 27.3 Å². The molecule has 0 radical (unpaired) electrons. The van der Waals surface area contributed by atoms with Gasteiger partial charge in [-0.1, -0.05) is 0 Å². The predicted octanol–water partition coefficient (Wildman–Crippen LogP) is 2.69. The van der Waals surface area contributed by atoms with Gasteiger partial charge in [-0.15, -0.1) is 0 Å². The minimum atomic E-state index is -4.33. The summed E-state index contributed by atoms with van der Waals surface area (Å²) in [5, 5.41) is 33.9. The summed E-state index contributed by atoms with van der Waals surface area (Å²) < 4.78 is 40.4. The Bertz CT molecular complexity index is 1450. The molecule has 4 unspecified atom stereocenters. The lowest BCUT2D eigenvalue weighted by atomic mass is 9.59. The quantitative estimate of drug-likeness (QED) is 0.293. The molecule has 1 aromatic rings. The van der Waals surface area contributed by atoms with Crippen molar-refractivity contribution in [1.29, 1.82) is 0 Å². The molecule has 234 valence electrons. The minimum absolute atomic E-state index is 0.00621. The van der Waals surface area contributed by atoms with Crippen LogP contribution in [0.3, 0.4) is 0 Å². The number of Topliss-reactive ketones (excluding diaryl/α,β-unsaturated/α-hetero) is 2. The van der Waals surface area contributed by atoms with Crippen LogP contribution >= 0.6 is 0 Å². The zero-order valence-corrected chi connectivity index (χ0v) is 24.5. The first-order chi connectivity index (χ1) is 20.0. The maximum absolute atomic E-state index is 14.0. The molecule has 0 spiro atoms. The normalized spacial score (nSPS) is 28.1.